The van der Waals surface area contributed by atoms with Gasteiger partial charge in [0.1, 0.15) is 11.6 Å². The smallest absolute Gasteiger partial charge is 0.477 e. The van der Waals surface area contributed by atoms with Gasteiger partial charge in [0.05, 0.1) is 17.0 Å². The standard InChI is InChI=1S/C14H20N4O11P2S/c1-7-10(3-4-28-31(26,27)29-30(23,24)25)32-12(14(21,22)13(19)20)18(7)6-9-5-16-8(2)17-11(9)15/h5,21-22H,3-4,6H2,1-2H3,(H5-,15,16,17,19,20,23,24,25,26,27)/p+1. The van der Waals surface area contributed by atoms with Crippen molar-refractivity contribution in [3.8, 4) is 0 Å². The lowest BCUT2D eigenvalue weighted by molar-refractivity contribution is -0.705. The minimum absolute atomic E-state index is 0.0963. The lowest BCUT2D eigenvalue weighted by Crippen LogP contribution is -2.49. The number of anilines is 1. The van der Waals surface area contributed by atoms with E-state index in [9.17, 15) is 34.1 Å². The molecule has 32 heavy (non-hydrogen) atoms. The molecule has 0 aliphatic heterocycles. The number of nitrogen functional groups attached to an aromatic ring is 1. The fraction of sp³-hybridized carbons (Fsp3) is 0.429. The van der Waals surface area contributed by atoms with E-state index in [4.69, 9.17) is 15.5 Å². The minimum Gasteiger partial charge on any atom is -0.477 e. The average molecular weight is 515 g/mol. The number of aromatic nitrogens is 3. The lowest BCUT2D eigenvalue weighted by atomic mass is 10.2. The monoisotopic (exact) mass is 515 g/mol. The van der Waals surface area contributed by atoms with Crippen LogP contribution in [0.5, 0.6) is 0 Å². The van der Waals surface area contributed by atoms with Crippen LogP contribution in [0.4, 0.5) is 5.82 Å². The van der Waals surface area contributed by atoms with Gasteiger partial charge in [0.15, 0.2) is 12.2 Å². The summed E-state index contributed by atoms with van der Waals surface area (Å²) in [6, 6.07) is 0. The SMILES string of the molecule is Cc1ncc(C[n+]2c(C(O)(O)C(=O)O)sc(CCOP(=O)(O)OP(=O)(O)O)c2C)c(N)n1. The molecule has 0 saturated carbocycles. The highest BCUT2D eigenvalue weighted by Crippen LogP contribution is 2.57. The Bertz CT molecular complexity index is 1120. The topological polar surface area (TPSA) is 247 Å². The average Bonchev–Trinajstić information content (AvgIpc) is 2.92. The Kier molecular flexibility index (Phi) is 7.90. The molecule has 0 aliphatic rings. The summed E-state index contributed by atoms with van der Waals surface area (Å²) in [6.45, 7) is 2.44. The summed E-state index contributed by atoms with van der Waals surface area (Å²) in [6.07, 6.45) is 1.23. The fourth-order valence-electron chi connectivity index (χ4n) is 2.54. The first-order chi connectivity index (χ1) is 14.5. The highest BCUT2D eigenvalue weighted by molar-refractivity contribution is 7.60. The normalized spacial score (nSPS) is 14.3. The maximum atomic E-state index is 11.6. The van der Waals surface area contributed by atoms with Gasteiger partial charge in [0.25, 0.3) is 0 Å². The predicted octanol–water partition coefficient (Wildman–Crippen LogP) is -0.936. The number of carbonyl (C=O) groups is 1. The zero-order valence-corrected chi connectivity index (χ0v) is 19.3. The van der Waals surface area contributed by atoms with E-state index in [0.29, 0.717) is 33.3 Å². The molecule has 0 aromatic carbocycles. The van der Waals surface area contributed by atoms with Gasteiger partial charge in [-0.3, -0.25) is 4.52 Å². The fourth-order valence-corrected chi connectivity index (χ4v) is 5.34. The molecule has 0 fully saturated rings. The number of thiazole rings is 1. The van der Waals surface area contributed by atoms with E-state index in [2.05, 4.69) is 18.8 Å². The van der Waals surface area contributed by atoms with Crippen molar-refractivity contribution in [3.05, 3.63) is 33.2 Å². The van der Waals surface area contributed by atoms with Crippen LogP contribution in [0.15, 0.2) is 6.20 Å². The zero-order valence-electron chi connectivity index (χ0n) is 16.6. The molecule has 0 saturated heterocycles. The second kappa shape index (κ2) is 9.57. The van der Waals surface area contributed by atoms with Crippen LogP contribution in [0.3, 0.4) is 0 Å². The Balaban J connectivity index is 2.36. The van der Waals surface area contributed by atoms with Gasteiger partial charge in [0.2, 0.25) is 0 Å². The highest BCUT2D eigenvalue weighted by Gasteiger charge is 2.47. The van der Waals surface area contributed by atoms with Gasteiger partial charge in [-0.1, -0.05) is 11.3 Å². The summed E-state index contributed by atoms with van der Waals surface area (Å²) in [7, 11) is -10.4. The van der Waals surface area contributed by atoms with E-state index in [0.717, 1.165) is 0 Å². The van der Waals surface area contributed by atoms with Gasteiger partial charge in [-0.15, -0.1) is 0 Å². The van der Waals surface area contributed by atoms with E-state index >= 15 is 0 Å². The van der Waals surface area contributed by atoms with Crippen LogP contribution >= 0.6 is 27.0 Å². The van der Waals surface area contributed by atoms with E-state index < -0.39 is 39.0 Å². The number of aliphatic hydroxyl groups is 2. The van der Waals surface area contributed by atoms with Crippen LogP contribution < -0.4 is 10.3 Å². The maximum Gasteiger partial charge on any atom is 0.481 e. The number of hydrogen-bond donors (Lipinski definition) is 7. The van der Waals surface area contributed by atoms with Crippen molar-refractivity contribution in [1.82, 2.24) is 9.97 Å². The molecule has 0 aliphatic carbocycles. The summed E-state index contributed by atoms with van der Waals surface area (Å²) in [4.78, 5) is 46.3. The molecule has 2 aromatic rings. The molecule has 1 atom stereocenters. The summed E-state index contributed by atoms with van der Waals surface area (Å²) in [5, 5.41) is 29.1. The molecule has 2 aromatic heterocycles. The largest absolute Gasteiger partial charge is 0.481 e. The van der Waals surface area contributed by atoms with Crippen molar-refractivity contribution in [2.24, 2.45) is 0 Å². The van der Waals surface area contributed by atoms with Gasteiger partial charge in [-0.05, 0) is 6.92 Å². The maximum absolute atomic E-state index is 11.6. The molecule has 0 bridgehead atoms. The molecule has 2 heterocycles. The number of aryl methyl sites for hydroxylation is 1. The van der Waals surface area contributed by atoms with Crippen molar-refractivity contribution in [2.45, 2.75) is 32.6 Å². The Morgan fingerprint density at radius 1 is 1.28 bits per heavy atom. The summed E-state index contributed by atoms with van der Waals surface area (Å²) >= 11 is 0.668. The van der Waals surface area contributed by atoms with Crippen molar-refractivity contribution in [2.75, 3.05) is 12.3 Å². The summed E-state index contributed by atoms with van der Waals surface area (Å²) in [5.41, 5.74) is 6.57. The van der Waals surface area contributed by atoms with Crippen LogP contribution in [0.2, 0.25) is 0 Å². The Labute approximate surface area is 184 Å². The molecule has 0 spiro atoms. The first-order valence-electron chi connectivity index (χ1n) is 8.56. The molecular weight excluding hydrogens is 494 g/mol. The molecule has 8 N–H and O–H groups in total. The summed E-state index contributed by atoms with van der Waals surface area (Å²) in [5.74, 6) is -4.73. The van der Waals surface area contributed by atoms with Crippen molar-refractivity contribution in [1.29, 1.82) is 0 Å². The number of phosphoric acid groups is 2. The molecular formula is C14H21N4O11P2S+. The van der Waals surface area contributed by atoms with Crippen LogP contribution in [0.25, 0.3) is 0 Å². The van der Waals surface area contributed by atoms with E-state index in [1.165, 1.54) is 17.7 Å². The van der Waals surface area contributed by atoms with Crippen molar-refractivity contribution in [3.63, 3.8) is 0 Å². The quantitative estimate of drug-likeness (QED) is 0.115. The number of rotatable bonds is 10. The molecule has 2 rings (SSSR count). The second-order valence-electron chi connectivity index (χ2n) is 6.43. The van der Waals surface area contributed by atoms with E-state index in [1.807, 2.05) is 0 Å². The first kappa shape index (κ1) is 26.4. The van der Waals surface area contributed by atoms with Gasteiger partial charge in [-0.2, -0.15) is 8.88 Å². The zero-order chi connectivity index (χ0) is 24.5. The number of hydrogen-bond acceptors (Lipinski definition) is 11. The van der Waals surface area contributed by atoms with Gasteiger partial charge in [0, 0.05) is 19.5 Å². The van der Waals surface area contributed by atoms with Crippen LogP contribution in [0.1, 0.15) is 27.0 Å². The second-order valence-corrected chi connectivity index (χ2v) is 10.3. The number of nitrogens with two attached hydrogens (primary N) is 1. The number of phosphoric ester groups is 1. The molecule has 0 amide bonds. The lowest BCUT2D eigenvalue weighted by Gasteiger charge is -2.12. The van der Waals surface area contributed by atoms with Crippen LogP contribution in [-0.4, -0.2) is 52.5 Å². The third-order valence-corrected chi connectivity index (χ3v) is 7.64. The molecule has 15 nitrogen and oxygen atoms in total. The third kappa shape index (κ3) is 6.59. The third-order valence-electron chi connectivity index (χ3n) is 4.01. The van der Waals surface area contributed by atoms with Crippen molar-refractivity contribution >= 4 is 38.8 Å². The minimum atomic E-state index is -5.29. The Morgan fingerprint density at radius 2 is 1.91 bits per heavy atom. The van der Waals surface area contributed by atoms with Gasteiger partial charge >= 0.3 is 32.4 Å². The Morgan fingerprint density at radius 3 is 2.44 bits per heavy atom. The van der Waals surface area contributed by atoms with Gasteiger partial charge < -0.3 is 35.7 Å². The number of aliphatic carboxylic acids is 1. The number of carboxylic acids is 1. The summed E-state index contributed by atoms with van der Waals surface area (Å²) < 4.78 is 31.7. The molecule has 0 radical (unpaired) electrons. The molecule has 18 heteroatoms. The van der Waals surface area contributed by atoms with Crippen molar-refractivity contribution < 1.29 is 57.3 Å². The molecule has 178 valence electrons. The number of carboxylic acid groups (broad SMARTS) is 1. The predicted molar refractivity (Wildman–Crippen MR) is 106 cm³/mol. The van der Waals surface area contributed by atoms with Gasteiger partial charge in [-0.25, -0.2) is 23.9 Å². The molecule has 1 unspecified atom stereocenters. The first-order valence-corrected chi connectivity index (χ1v) is 12.4. The Hall–Kier alpha value is -1.84. The number of nitrogens with zero attached hydrogens (tertiary/aromatic N) is 3. The van der Waals surface area contributed by atoms with Crippen LogP contribution in [0, 0.1) is 13.8 Å². The highest BCUT2D eigenvalue weighted by atomic mass is 32.1. The van der Waals surface area contributed by atoms with E-state index in [1.54, 1.807) is 6.92 Å². The van der Waals surface area contributed by atoms with Crippen LogP contribution in [-0.2, 0) is 41.5 Å². The van der Waals surface area contributed by atoms with E-state index in [-0.39, 0.29) is 18.8 Å².